The second-order valence-electron chi connectivity index (χ2n) is 3.19. The molecule has 90 valence electrons. The Balaban J connectivity index is 0.00000225. The summed E-state index contributed by atoms with van der Waals surface area (Å²) in [6.45, 7) is -0.428. The monoisotopic (exact) mass is 265 g/mol. The maximum atomic E-state index is 10.3. The fourth-order valence-corrected chi connectivity index (χ4v) is 1.83. The Morgan fingerprint density at radius 2 is 2.12 bits per heavy atom. The van der Waals surface area contributed by atoms with Crippen LogP contribution in [-0.2, 0) is 19.3 Å². The molecule has 4 atom stereocenters. The van der Waals surface area contributed by atoms with Crippen molar-refractivity contribution >= 4 is 10.4 Å². The Morgan fingerprint density at radius 1 is 1.56 bits per heavy atom. The van der Waals surface area contributed by atoms with Crippen LogP contribution in [0.2, 0.25) is 0 Å². The number of hydrogen-bond donors (Lipinski definition) is 3. The molecular weight excluding hydrogens is 253 g/mol. The van der Waals surface area contributed by atoms with Crippen LogP contribution in [0.5, 0.6) is 0 Å². The number of ether oxygens (including phenoxy) is 1. The number of hydrogen-bond acceptors (Lipinski definition) is 8. The third-order valence-electron chi connectivity index (χ3n) is 2.03. The van der Waals surface area contributed by atoms with E-state index in [4.69, 9.17) is 15.6 Å². The largest absolute Gasteiger partial charge is 1.00 e. The molecule has 0 bridgehead atoms. The summed E-state index contributed by atoms with van der Waals surface area (Å²) in [6.07, 6.45) is -3.53. The van der Waals surface area contributed by atoms with Gasteiger partial charge in [0.25, 0.3) is 0 Å². The van der Waals surface area contributed by atoms with Crippen molar-refractivity contribution in [1.82, 2.24) is 0 Å². The van der Waals surface area contributed by atoms with E-state index in [1.807, 2.05) is 0 Å². The van der Waals surface area contributed by atoms with Crippen molar-refractivity contribution in [2.75, 3.05) is 6.61 Å². The van der Waals surface area contributed by atoms with Crippen molar-refractivity contribution in [2.24, 2.45) is 5.73 Å². The van der Waals surface area contributed by atoms with Crippen LogP contribution in [-0.4, -0.2) is 54.3 Å². The summed E-state index contributed by atoms with van der Waals surface area (Å²) in [4.78, 5) is 0. The van der Waals surface area contributed by atoms with E-state index in [1.165, 1.54) is 0 Å². The van der Waals surface area contributed by atoms with E-state index in [1.54, 1.807) is 0 Å². The average Bonchev–Trinajstić information content (AvgIpc) is 2.10. The van der Waals surface area contributed by atoms with Crippen molar-refractivity contribution in [3.8, 4) is 0 Å². The van der Waals surface area contributed by atoms with Crippen molar-refractivity contribution in [1.29, 1.82) is 0 Å². The van der Waals surface area contributed by atoms with E-state index in [9.17, 15) is 18.1 Å². The summed E-state index contributed by atoms with van der Waals surface area (Å²) in [5.74, 6) is 0. The first-order valence-electron chi connectivity index (χ1n) is 4.17. The van der Waals surface area contributed by atoms with Crippen LogP contribution in [0.1, 0.15) is 6.42 Å². The molecule has 0 amide bonds. The normalized spacial score (nSPS) is 35.5. The maximum absolute atomic E-state index is 10.3. The summed E-state index contributed by atoms with van der Waals surface area (Å²) < 4.78 is 39.9. The first kappa shape index (κ1) is 16.7. The molecule has 0 spiro atoms. The number of aliphatic hydroxyl groups excluding tert-OH is 2. The number of nitrogens with two attached hydrogens (primary N) is 1. The zero-order chi connectivity index (χ0) is 11.6. The molecule has 0 saturated carbocycles. The third kappa shape index (κ3) is 4.92. The fraction of sp³-hybridized carbons (Fsp3) is 1.00. The van der Waals surface area contributed by atoms with E-state index in [0.29, 0.717) is 0 Å². The topological polar surface area (TPSA) is 142 Å². The van der Waals surface area contributed by atoms with E-state index in [2.05, 4.69) is 4.18 Å². The summed E-state index contributed by atoms with van der Waals surface area (Å²) >= 11 is 0. The summed E-state index contributed by atoms with van der Waals surface area (Å²) in [5, 5.41) is 18.0. The summed E-state index contributed by atoms with van der Waals surface area (Å²) in [7, 11) is -4.89. The van der Waals surface area contributed by atoms with Gasteiger partial charge >= 0.3 is 29.6 Å². The molecule has 1 saturated heterocycles. The third-order valence-corrected chi connectivity index (χ3v) is 2.51. The van der Waals surface area contributed by atoms with Gasteiger partial charge in [0.05, 0.1) is 24.9 Å². The molecule has 10 heteroatoms. The molecule has 0 aromatic heterocycles. The van der Waals surface area contributed by atoms with E-state index < -0.39 is 41.5 Å². The van der Waals surface area contributed by atoms with Gasteiger partial charge in [0.2, 0.25) is 10.4 Å². The van der Waals surface area contributed by atoms with Crippen LogP contribution in [0.25, 0.3) is 0 Å². The van der Waals surface area contributed by atoms with Crippen LogP contribution < -0.4 is 35.3 Å². The fourth-order valence-electron chi connectivity index (χ4n) is 1.32. The zero-order valence-electron chi connectivity index (χ0n) is 8.64. The molecule has 1 rings (SSSR count). The van der Waals surface area contributed by atoms with Gasteiger partial charge in [-0.2, -0.15) is 0 Å². The standard InChI is InChI=1S/C6H13NO7S.Na/c7-5-4(14-15(10,11)12)1-3(2-8)13-6(5)9;/h3-6,8-9H,1-2,7H2,(H,10,11,12);/q;+1/p-1/t3?,4-,5?,6-;/m1./s1. The first-order chi connectivity index (χ1) is 6.83. The number of rotatable bonds is 3. The van der Waals surface area contributed by atoms with Gasteiger partial charge in [0.1, 0.15) is 0 Å². The molecule has 8 nitrogen and oxygen atoms in total. The Hall–Kier alpha value is 0.710. The summed E-state index contributed by atoms with van der Waals surface area (Å²) in [6, 6.07) is -1.14. The molecule has 1 fully saturated rings. The Kier molecular flexibility index (Phi) is 6.88. The minimum Gasteiger partial charge on any atom is -0.726 e. The van der Waals surface area contributed by atoms with Gasteiger partial charge < -0.3 is 25.2 Å². The van der Waals surface area contributed by atoms with Crippen molar-refractivity contribution in [3.63, 3.8) is 0 Å². The molecule has 0 aromatic rings. The van der Waals surface area contributed by atoms with E-state index >= 15 is 0 Å². The molecule has 2 unspecified atom stereocenters. The SMILES string of the molecule is NC1[C@H](O)OC(CO)C[C@H]1OS(=O)(=O)[O-].[Na+]. The predicted molar refractivity (Wildman–Crippen MR) is 45.1 cm³/mol. The van der Waals surface area contributed by atoms with E-state index in [-0.39, 0.29) is 36.0 Å². The van der Waals surface area contributed by atoms with Crippen molar-refractivity contribution in [2.45, 2.75) is 31.0 Å². The summed E-state index contributed by atoms with van der Waals surface area (Å²) in [5.41, 5.74) is 5.36. The second kappa shape index (κ2) is 6.59. The Morgan fingerprint density at radius 3 is 2.56 bits per heavy atom. The quantitative estimate of drug-likeness (QED) is 0.260. The zero-order valence-corrected chi connectivity index (χ0v) is 11.5. The Bertz CT molecular complexity index is 310. The molecule has 0 radical (unpaired) electrons. The van der Waals surface area contributed by atoms with Gasteiger partial charge in [-0.3, -0.25) is 4.18 Å². The van der Waals surface area contributed by atoms with Gasteiger partial charge in [0, 0.05) is 6.42 Å². The molecular formula is C6H12NNaO7S. The molecule has 1 aliphatic heterocycles. The molecule has 1 aliphatic rings. The van der Waals surface area contributed by atoms with Gasteiger partial charge in [-0.05, 0) is 0 Å². The van der Waals surface area contributed by atoms with Crippen molar-refractivity contribution in [3.05, 3.63) is 0 Å². The van der Waals surface area contributed by atoms with Gasteiger partial charge in [-0.15, -0.1) is 0 Å². The van der Waals surface area contributed by atoms with Gasteiger partial charge in [0.15, 0.2) is 6.29 Å². The molecule has 1 heterocycles. The molecule has 4 N–H and O–H groups in total. The van der Waals surface area contributed by atoms with Crippen LogP contribution in [0, 0.1) is 0 Å². The van der Waals surface area contributed by atoms with Crippen molar-refractivity contribution < 1.29 is 61.7 Å². The van der Waals surface area contributed by atoms with Gasteiger partial charge in [-0.25, -0.2) is 8.42 Å². The minimum absolute atomic E-state index is 0. The molecule has 16 heavy (non-hydrogen) atoms. The number of aliphatic hydroxyl groups is 2. The maximum Gasteiger partial charge on any atom is 1.00 e. The second-order valence-corrected chi connectivity index (χ2v) is 4.20. The van der Waals surface area contributed by atoms with Crippen LogP contribution >= 0.6 is 0 Å². The minimum atomic E-state index is -4.89. The van der Waals surface area contributed by atoms with E-state index in [0.717, 1.165) is 0 Å². The van der Waals surface area contributed by atoms with Crippen LogP contribution in [0.15, 0.2) is 0 Å². The predicted octanol–water partition coefficient (Wildman–Crippen LogP) is -5.74. The molecule has 0 aromatic carbocycles. The first-order valence-corrected chi connectivity index (χ1v) is 5.51. The average molecular weight is 265 g/mol. The van der Waals surface area contributed by atoms with Crippen LogP contribution in [0.4, 0.5) is 0 Å². The van der Waals surface area contributed by atoms with Crippen LogP contribution in [0.3, 0.4) is 0 Å². The van der Waals surface area contributed by atoms with Gasteiger partial charge in [-0.1, -0.05) is 0 Å². The Labute approximate surface area is 115 Å². The smallest absolute Gasteiger partial charge is 0.726 e. The molecule has 0 aliphatic carbocycles.